The first-order valence-electron chi connectivity index (χ1n) is 6.40. The van der Waals surface area contributed by atoms with Crippen molar-refractivity contribution in [2.45, 2.75) is 40.7 Å². The first-order valence-corrected chi connectivity index (χ1v) is 9.88. The summed E-state index contributed by atoms with van der Waals surface area (Å²) in [6, 6.07) is 2.31. The van der Waals surface area contributed by atoms with Gasteiger partial charge in [0.1, 0.15) is 0 Å². The molecular weight excluding hydrogens is 336 g/mol. The summed E-state index contributed by atoms with van der Waals surface area (Å²) < 4.78 is 36.4. The van der Waals surface area contributed by atoms with Gasteiger partial charge in [0.2, 0.25) is 0 Å². The van der Waals surface area contributed by atoms with Gasteiger partial charge in [0.15, 0.2) is 9.84 Å². The average Bonchev–Trinajstić information content (AvgIpc) is 2.89. The van der Waals surface area contributed by atoms with Gasteiger partial charge in [0.05, 0.1) is 31.2 Å². The highest BCUT2D eigenvalue weighted by Gasteiger charge is 2.30. The molecule has 116 valence electrons. The molecule has 5 nitrogen and oxygen atoms in total. The van der Waals surface area contributed by atoms with E-state index < -0.39 is 26.6 Å². The summed E-state index contributed by atoms with van der Waals surface area (Å²) in [5.41, 5.74) is -0.231. The van der Waals surface area contributed by atoms with E-state index in [4.69, 9.17) is 16.7 Å². The normalized spacial score (nSPS) is 17.8. The van der Waals surface area contributed by atoms with Crippen molar-refractivity contribution in [3.05, 3.63) is 22.7 Å². The summed E-state index contributed by atoms with van der Waals surface area (Å²) in [6.45, 7) is 0. The van der Waals surface area contributed by atoms with Crippen LogP contribution in [0.4, 0.5) is 0 Å². The number of carboxylic acid groups (broad SMARTS) is 1. The Morgan fingerprint density at radius 3 is 2.38 bits per heavy atom. The van der Waals surface area contributed by atoms with Crippen molar-refractivity contribution in [2.24, 2.45) is 0 Å². The molecule has 8 heteroatoms. The number of rotatable bonds is 4. The van der Waals surface area contributed by atoms with Gasteiger partial charge in [-0.1, -0.05) is 24.4 Å². The third-order valence-electron chi connectivity index (χ3n) is 3.50. The highest BCUT2D eigenvalue weighted by atomic mass is 35.5. The van der Waals surface area contributed by atoms with E-state index in [9.17, 15) is 17.4 Å². The quantitative estimate of drug-likeness (QED) is 0.901. The fourth-order valence-electron chi connectivity index (χ4n) is 2.45. The first-order chi connectivity index (χ1) is 9.73. The number of halogens is 1. The minimum atomic E-state index is -3.64. The van der Waals surface area contributed by atoms with Crippen LogP contribution < -0.4 is 0 Å². The maximum absolute atomic E-state index is 12.7. The molecule has 1 aromatic rings. The van der Waals surface area contributed by atoms with E-state index >= 15 is 0 Å². The van der Waals surface area contributed by atoms with Crippen LogP contribution >= 0.6 is 11.6 Å². The number of benzene rings is 1. The molecule has 0 radical (unpaired) electrons. The molecule has 1 aromatic carbocycles. The molecule has 0 saturated heterocycles. The highest BCUT2D eigenvalue weighted by Crippen LogP contribution is 2.36. The number of hydrogen-bond donors (Lipinski definition) is 1. The van der Waals surface area contributed by atoms with E-state index in [1.165, 1.54) is 6.07 Å². The molecule has 1 N–H and O–H groups in total. The number of carboxylic acids is 1. The van der Waals surface area contributed by atoms with Crippen LogP contribution in [0.5, 0.6) is 0 Å². The summed E-state index contributed by atoms with van der Waals surface area (Å²) in [4.78, 5) is 10.9. The molecule has 0 heterocycles. The Hall–Kier alpha value is -0.920. The van der Waals surface area contributed by atoms with Crippen LogP contribution in [0, 0.1) is 0 Å². The molecule has 0 amide bonds. The molecule has 1 saturated carbocycles. The first kappa shape index (κ1) is 16.5. The van der Waals surface area contributed by atoms with Gasteiger partial charge in [0, 0.05) is 11.5 Å². The molecule has 0 aromatic heterocycles. The smallest absolute Gasteiger partial charge is 0.337 e. The van der Waals surface area contributed by atoms with Crippen LogP contribution in [0.2, 0.25) is 5.02 Å². The lowest BCUT2D eigenvalue weighted by Crippen LogP contribution is -2.16. The molecule has 1 aliphatic carbocycles. The lowest BCUT2D eigenvalue weighted by molar-refractivity contribution is 0.0696. The second-order valence-electron chi connectivity index (χ2n) is 5.04. The third kappa shape index (κ3) is 3.30. The minimum Gasteiger partial charge on any atom is -0.478 e. The number of carbonyl (C=O) groups is 1. The molecule has 0 bridgehead atoms. The molecule has 0 spiro atoms. The van der Waals surface area contributed by atoms with Crippen molar-refractivity contribution in [3.63, 3.8) is 0 Å². The molecule has 1 atom stereocenters. The van der Waals surface area contributed by atoms with Crippen molar-refractivity contribution >= 4 is 38.2 Å². The van der Waals surface area contributed by atoms with Gasteiger partial charge in [0.25, 0.3) is 0 Å². The van der Waals surface area contributed by atoms with Crippen molar-refractivity contribution in [3.8, 4) is 0 Å². The largest absolute Gasteiger partial charge is 0.478 e. The third-order valence-corrected chi connectivity index (χ3v) is 7.17. The zero-order valence-electron chi connectivity index (χ0n) is 11.3. The van der Waals surface area contributed by atoms with Crippen LogP contribution in [0.25, 0.3) is 0 Å². The zero-order chi connectivity index (χ0) is 15.8. The molecule has 2 rings (SSSR count). The van der Waals surface area contributed by atoms with Crippen molar-refractivity contribution in [2.75, 3.05) is 6.26 Å². The number of sulfone groups is 1. The Morgan fingerprint density at radius 2 is 1.90 bits per heavy atom. The second kappa shape index (κ2) is 6.06. The summed E-state index contributed by atoms with van der Waals surface area (Å²) >= 11 is 6.05. The highest BCUT2D eigenvalue weighted by molar-refractivity contribution is 7.92. The van der Waals surface area contributed by atoms with E-state index in [-0.39, 0.29) is 25.6 Å². The van der Waals surface area contributed by atoms with Gasteiger partial charge in [-0.15, -0.1) is 0 Å². The Balaban J connectivity index is 2.66. The van der Waals surface area contributed by atoms with Gasteiger partial charge >= 0.3 is 5.97 Å². The molecule has 1 unspecified atom stereocenters. The number of aromatic carboxylic acids is 1. The van der Waals surface area contributed by atoms with Crippen LogP contribution in [0.1, 0.15) is 36.0 Å². The van der Waals surface area contributed by atoms with Gasteiger partial charge in [-0.3, -0.25) is 4.21 Å². The van der Waals surface area contributed by atoms with Crippen molar-refractivity contribution in [1.82, 2.24) is 0 Å². The van der Waals surface area contributed by atoms with Gasteiger partial charge in [-0.05, 0) is 25.0 Å². The molecule has 21 heavy (non-hydrogen) atoms. The summed E-state index contributed by atoms with van der Waals surface area (Å²) in [5, 5.41) is 8.68. The van der Waals surface area contributed by atoms with Crippen molar-refractivity contribution in [1.29, 1.82) is 0 Å². The van der Waals surface area contributed by atoms with Crippen LogP contribution in [0.3, 0.4) is 0 Å². The van der Waals surface area contributed by atoms with Gasteiger partial charge in [-0.25, -0.2) is 13.2 Å². The van der Waals surface area contributed by atoms with Crippen LogP contribution in [-0.2, 0) is 20.6 Å². The van der Waals surface area contributed by atoms with Crippen LogP contribution in [-0.4, -0.2) is 35.2 Å². The second-order valence-corrected chi connectivity index (χ2v) is 9.07. The van der Waals surface area contributed by atoms with E-state index in [0.29, 0.717) is 0 Å². The Morgan fingerprint density at radius 1 is 1.33 bits per heavy atom. The minimum absolute atomic E-state index is 0.0639. The molecule has 1 fully saturated rings. The topological polar surface area (TPSA) is 88.5 Å². The Kier molecular flexibility index (Phi) is 4.75. The maximum atomic E-state index is 12.7. The predicted molar refractivity (Wildman–Crippen MR) is 80.2 cm³/mol. The summed E-state index contributed by atoms with van der Waals surface area (Å²) in [7, 11) is -5.27. The van der Waals surface area contributed by atoms with Crippen LogP contribution in [0.15, 0.2) is 21.9 Å². The van der Waals surface area contributed by atoms with E-state index in [2.05, 4.69) is 0 Å². The zero-order valence-corrected chi connectivity index (χ0v) is 13.7. The standard InChI is InChI=1S/C13H15ClO5S2/c1-21(18,19)10-7-6-9(13(15)16)11(14)12(10)20(17)8-4-2-3-5-8/h6-8H,2-5H2,1H3,(H,15,16). The monoisotopic (exact) mass is 350 g/mol. The summed E-state index contributed by atoms with van der Waals surface area (Å²) in [6.07, 6.45) is 4.31. The van der Waals surface area contributed by atoms with Gasteiger partial charge < -0.3 is 5.11 Å². The fourth-order valence-corrected chi connectivity index (χ4v) is 6.08. The van der Waals surface area contributed by atoms with E-state index in [1.54, 1.807) is 0 Å². The maximum Gasteiger partial charge on any atom is 0.337 e. The van der Waals surface area contributed by atoms with E-state index in [1.807, 2.05) is 0 Å². The number of hydrogen-bond acceptors (Lipinski definition) is 4. The molecular formula is C13H15ClO5S2. The SMILES string of the molecule is CS(=O)(=O)c1ccc(C(=O)O)c(Cl)c1S(=O)C1CCCC1. The summed E-state index contributed by atoms with van der Waals surface area (Å²) in [5.74, 6) is -1.27. The Bertz CT molecular complexity index is 706. The lowest BCUT2D eigenvalue weighted by Gasteiger charge is -2.15. The Labute approximate surface area is 130 Å². The van der Waals surface area contributed by atoms with E-state index in [0.717, 1.165) is 38.0 Å². The molecule has 1 aliphatic rings. The molecule has 0 aliphatic heterocycles. The fraction of sp³-hybridized carbons (Fsp3) is 0.462. The van der Waals surface area contributed by atoms with Crippen molar-refractivity contribution < 1.29 is 22.5 Å². The average molecular weight is 351 g/mol. The predicted octanol–water partition coefficient (Wildman–Crippen LogP) is 2.49. The van der Waals surface area contributed by atoms with Gasteiger partial charge in [-0.2, -0.15) is 0 Å². The lowest BCUT2D eigenvalue weighted by atomic mass is 10.2.